The number of hydrogen-bond acceptors (Lipinski definition) is 5. The molecule has 2 fully saturated rings. The van der Waals surface area contributed by atoms with Crippen molar-refractivity contribution in [3.05, 3.63) is 29.3 Å². The van der Waals surface area contributed by atoms with E-state index in [-0.39, 0.29) is 11.3 Å². The summed E-state index contributed by atoms with van der Waals surface area (Å²) in [5.74, 6) is 0.782. The Kier molecular flexibility index (Phi) is 7.70. The van der Waals surface area contributed by atoms with Gasteiger partial charge in [-0.1, -0.05) is 12.1 Å². The van der Waals surface area contributed by atoms with Gasteiger partial charge in [0, 0.05) is 26.2 Å². The summed E-state index contributed by atoms with van der Waals surface area (Å²) >= 11 is 1.65. The van der Waals surface area contributed by atoms with Crippen molar-refractivity contribution in [3.63, 3.8) is 0 Å². The van der Waals surface area contributed by atoms with Crippen LogP contribution in [0.3, 0.4) is 0 Å². The van der Waals surface area contributed by atoms with Gasteiger partial charge in [-0.25, -0.2) is 8.42 Å². The van der Waals surface area contributed by atoms with Gasteiger partial charge < -0.3 is 10.2 Å². The number of hydrogen-bond donors (Lipinski definition) is 1. The highest BCUT2D eigenvalue weighted by molar-refractivity contribution is 7.98. The number of likely N-dealkylation sites (tertiary alicyclic amines) is 1. The molecule has 9 heteroatoms. The first-order chi connectivity index (χ1) is 14.7. The lowest BCUT2D eigenvalue weighted by molar-refractivity contribution is -0.134. The van der Waals surface area contributed by atoms with Crippen molar-refractivity contribution in [2.45, 2.75) is 50.5 Å². The van der Waals surface area contributed by atoms with E-state index in [2.05, 4.69) is 5.32 Å². The Hall–Kier alpha value is -1.58. The van der Waals surface area contributed by atoms with Crippen LogP contribution >= 0.6 is 11.8 Å². The zero-order valence-corrected chi connectivity index (χ0v) is 20.2. The molecule has 3 rings (SSSR count). The lowest BCUT2D eigenvalue weighted by Crippen LogP contribution is -2.48. The highest BCUT2D eigenvalue weighted by Crippen LogP contribution is 2.42. The zero-order chi connectivity index (χ0) is 22.6. The molecule has 0 radical (unpaired) electrons. The molecule has 31 heavy (non-hydrogen) atoms. The lowest BCUT2D eigenvalue weighted by Gasteiger charge is -2.39. The minimum Gasteiger partial charge on any atom is -0.347 e. The molecule has 2 saturated heterocycles. The van der Waals surface area contributed by atoms with Crippen molar-refractivity contribution in [1.82, 2.24) is 14.5 Å². The average Bonchev–Trinajstić information content (AvgIpc) is 3.16. The van der Waals surface area contributed by atoms with Crippen LogP contribution in [0.2, 0.25) is 0 Å². The summed E-state index contributed by atoms with van der Waals surface area (Å²) in [7, 11) is -3.52. The summed E-state index contributed by atoms with van der Waals surface area (Å²) in [6.07, 6.45) is 5.57. The number of piperidine rings is 1. The van der Waals surface area contributed by atoms with Gasteiger partial charge in [-0.05, 0) is 74.1 Å². The van der Waals surface area contributed by atoms with Gasteiger partial charge in [-0.3, -0.25) is 9.59 Å². The van der Waals surface area contributed by atoms with E-state index in [1.807, 2.05) is 37.1 Å². The first-order valence-corrected chi connectivity index (χ1v) is 13.6. The maximum Gasteiger partial charge on any atom is 0.245 e. The Labute approximate surface area is 190 Å². The fraction of sp³-hybridized carbons (Fsp3) is 0.636. The minimum absolute atomic E-state index is 0.0246. The van der Waals surface area contributed by atoms with E-state index in [0.29, 0.717) is 43.9 Å². The van der Waals surface area contributed by atoms with Crippen molar-refractivity contribution in [3.8, 4) is 0 Å². The topological polar surface area (TPSA) is 86.8 Å². The molecule has 0 aromatic heterocycles. The number of amides is 2. The smallest absolute Gasteiger partial charge is 0.245 e. The summed E-state index contributed by atoms with van der Waals surface area (Å²) in [6.45, 7) is 5.98. The van der Waals surface area contributed by atoms with Gasteiger partial charge in [0.25, 0.3) is 0 Å². The first-order valence-electron chi connectivity index (χ1n) is 10.8. The number of carbonyl (C=O) groups excluding carboxylic acids is 2. The van der Waals surface area contributed by atoms with E-state index in [4.69, 9.17) is 0 Å². The second-order valence-corrected chi connectivity index (χ2v) is 11.7. The molecule has 0 unspecified atom stereocenters. The van der Waals surface area contributed by atoms with Crippen molar-refractivity contribution >= 4 is 34.1 Å². The zero-order valence-electron chi connectivity index (χ0n) is 18.6. The van der Waals surface area contributed by atoms with Gasteiger partial charge in [0.15, 0.2) is 0 Å². The van der Waals surface area contributed by atoms with Gasteiger partial charge in [0.05, 0.1) is 4.90 Å². The number of nitrogens with zero attached hydrogens (tertiary/aromatic N) is 2. The van der Waals surface area contributed by atoms with E-state index in [9.17, 15) is 18.0 Å². The minimum atomic E-state index is -3.52. The number of aryl methyl sites for hydroxylation is 2. The molecular weight excluding hydrogens is 434 g/mol. The van der Waals surface area contributed by atoms with Crippen LogP contribution in [0.15, 0.2) is 23.1 Å². The fourth-order valence-corrected chi connectivity index (χ4v) is 6.90. The first kappa shape index (κ1) is 24.1. The molecule has 1 atom stereocenters. The Morgan fingerprint density at radius 1 is 1.23 bits per heavy atom. The average molecular weight is 468 g/mol. The van der Waals surface area contributed by atoms with E-state index < -0.39 is 16.1 Å². The Bertz CT molecular complexity index is 911. The van der Waals surface area contributed by atoms with Gasteiger partial charge in [0.1, 0.15) is 6.04 Å². The molecule has 0 saturated carbocycles. The molecule has 1 N–H and O–H groups in total. The molecular formula is C22H33N3O4S2. The summed E-state index contributed by atoms with van der Waals surface area (Å²) in [4.78, 5) is 26.1. The molecule has 0 aliphatic carbocycles. The van der Waals surface area contributed by atoms with E-state index >= 15 is 0 Å². The highest BCUT2D eigenvalue weighted by Gasteiger charge is 2.45. The van der Waals surface area contributed by atoms with Crippen LogP contribution in [-0.2, 0) is 19.6 Å². The number of nitrogens with one attached hydrogen (secondary N) is 1. The third-order valence-electron chi connectivity index (χ3n) is 6.67. The van der Waals surface area contributed by atoms with Crippen LogP contribution < -0.4 is 5.32 Å². The monoisotopic (exact) mass is 467 g/mol. The van der Waals surface area contributed by atoms with Crippen molar-refractivity contribution in [2.75, 3.05) is 38.2 Å². The van der Waals surface area contributed by atoms with Crippen LogP contribution in [0.25, 0.3) is 0 Å². The molecule has 2 heterocycles. The second kappa shape index (κ2) is 9.92. The predicted octanol–water partition coefficient (Wildman–Crippen LogP) is 2.17. The predicted molar refractivity (Wildman–Crippen MR) is 124 cm³/mol. The van der Waals surface area contributed by atoms with Crippen LogP contribution in [0.4, 0.5) is 0 Å². The lowest BCUT2D eigenvalue weighted by atomic mass is 9.78. The van der Waals surface area contributed by atoms with E-state index in [1.54, 1.807) is 22.1 Å². The molecule has 0 bridgehead atoms. The van der Waals surface area contributed by atoms with Gasteiger partial charge in [0.2, 0.25) is 22.3 Å². The summed E-state index contributed by atoms with van der Waals surface area (Å²) in [5.41, 5.74) is 1.67. The Morgan fingerprint density at radius 3 is 2.55 bits per heavy atom. The molecule has 2 aliphatic heterocycles. The summed E-state index contributed by atoms with van der Waals surface area (Å²) in [5, 5.41) is 2.67. The van der Waals surface area contributed by atoms with Gasteiger partial charge >= 0.3 is 0 Å². The molecule has 2 aliphatic rings. The largest absolute Gasteiger partial charge is 0.347 e. The van der Waals surface area contributed by atoms with Crippen molar-refractivity contribution < 1.29 is 18.0 Å². The summed E-state index contributed by atoms with van der Waals surface area (Å²) < 4.78 is 28.0. The molecule has 1 aromatic carbocycles. The number of rotatable bonds is 8. The highest BCUT2D eigenvalue weighted by atomic mass is 32.2. The van der Waals surface area contributed by atoms with Gasteiger partial charge in [-0.2, -0.15) is 16.1 Å². The third kappa shape index (κ3) is 5.26. The van der Waals surface area contributed by atoms with Crippen LogP contribution in [0.1, 0.15) is 36.8 Å². The number of thioether (sulfide) groups is 1. The third-order valence-corrected chi connectivity index (χ3v) is 9.36. The number of benzene rings is 1. The maximum absolute atomic E-state index is 13.2. The quantitative estimate of drug-likeness (QED) is 0.592. The normalized spacial score (nSPS) is 20.0. The molecule has 2 amide bonds. The van der Waals surface area contributed by atoms with Crippen molar-refractivity contribution in [2.24, 2.45) is 5.41 Å². The fourth-order valence-electron chi connectivity index (χ4n) is 4.67. The Balaban J connectivity index is 1.64. The SMILES string of the molecule is CSCC[C@H](NC=O)C(=O)N1CCC2(CCN(S(=O)(=O)c3cc(C)ccc3C)CC2)C1. The Morgan fingerprint density at radius 2 is 1.90 bits per heavy atom. The molecule has 1 spiro atoms. The number of carbonyl (C=O) groups is 2. The molecule has 7 nitrogen and oxygen atoms in total. The standard InChI is InChI=1S/C22H33N3O4S2/c1-17-4-5-18(2)20(14-17)31(28,29)25-11-8-22(9-12-25)7-10-24(15-22)21(27)19(23-16-26)6-13-30-3/h4-5,14,16,19H,6-13,15H2,1-3H3,(H,23,26)/t19-/m0/s1. The number of sulfonamides is 1. The summed E-state index contributed by atoms with van der Waals surface area (Å²) in [6, 6.07) is 5.05. The second-order valence-electron chi connectivity index (χ2n) is 8.80. The maximum atomic E-state index is 13.2. The van der Waals surface area contributed by atoms with Crippen molar-refractivity contribution in [1.29, 1.82) is 0 Å². The van der Waals surface area contributed by atoms with E-state index in [0.717, 1.165) is 36.1 Å². The van der Waals surface area contributed by atoms with Crippen LogP contribution in [0.5, 0.6) is 0 Å². The molecule has 1 aromatic rings. The van der Waals surface area contributed by atoms with Crippen LogP contribution in [-0.4, -0.2) is 74.2 Å². The molecule has 172 valence electrons. The van der Waals surface area contributed by atoms with Crippen LogP contribution in [0, 0.1) is 19.3 Å². The van der Waals surface area contributed by atoms with E-state index in [1.165, 1.54) is 0 Å². The van der Waals surface area contributed by atoms with Gasteiger partial charge in [-0.15, -0.1) is 0 Å².